The Morgan fingerprint density at radius 2 is 2.12 bits per heavy atom. The number of guanidine groups is 1. The second kappa shape index (κ2) is 9.51. The Morgan fingerprint density at radius 1 is 1.38 bits per heavy atom. The average Bonchev–Trinajstić information content (AvgIpc) is 3.25. The normalized spacial score (nSPS) is 22.4. The quantitative estimate of drug-likeness (QED) is 0.388. The summed E-state index contributed by atoms with van der Waals surface area (Å²) >= 11 is 1.01. The predicted octanol–water partition coefficient (Wildman–Crippen LogP) is 2.26. The van der Waals surface area contributed by atoms with Crippen LogP contribution in [-0.4, -0.2) is 73.2 Å². The van der Waals surface area contributed by atoms with Crippen LogP contribution in [0.5, 0.6) is 0 Å². The van der Waals surface area contributed by atoms with E-state index in [4.69, 9.17) is 4.74 Å². The van der Waals surface area contributed by atoms with Crippen molar-refractivity contribution < 1.29 is 17.9 Å². The summed E-state index contributed by atoms with van der Waals surface area (Å²) in [5.41, 5.74) is -0.835. The number of aromatic nitrogens is 1. The summed E-state index contributed by atoms with van der Waals surface area (Å²) in [6.07, 6.45) is -3.34. The number of hydrogen-bond acceptors (Lipinski definition) is 5. The minimum atomic E-state index is -4.39. The zero-order valence-electron chi connectivity index (χ0n) is 14.5. The molecule has 26 heavy (non-hydrogen) atoms. The van der Waals surface area contributed by atoms with Crippen LogP contribution in [0.1, 0.15) is 17.1 Å². The van der Waals surface area contributed by atoms with Crippen molar-refractivity contribution >= 4 is 41.3 Å². The smallest absolute Gasteiger partial charge is 0.379 e. The van der Waals surface area contributed by atoms with E-state index in [0.717, 1.165) is 62.5 Å². The number of ether oxygens (including phenoxy) is 1. The molecule has 0 amide bonds. The van der Waals surface area contributed by atoms with E-state index < -0.39 is 11.9 Å². The first kappa shape index (κ1) is 21.6. The Labute approximate surface area is 171 Å². The first-order valence-electron chi connectivity index (χ1n) is 8.26. The maximum absolute atomic E-state index is 12.6. The minimum Gasteiger partial charge on any atom is -0.379 e. The number of halogens is 4. The van der Waals surface area contributed by atoms with E-state index in [2.05, 4.69) is 25.1 Å². The molecule has 6 nitrogen and oxygen atoms in total. The van der Waals surface area contributed by atoms with Gasteiger partial charge in [0.1, 0.15) is 5.01 Å². The van der Waals surface area contributed by atoms with Crippen LogP contribution >= 0.6 is 35.3 Å². The van der Waals surface area contributed by atoms with Crippen LogP contribution in [0.25, 0.3) is 0 Å². The fraction of sp³-hybridized carbons (Fsp3) is 0.733. The largest absolute Gasteiger partial charge is 0.434 e. The summed E-state index contributed by atoms with van der Waals surface area (Å²) in [6, 6.07) is 0.471. The molecule has 0 aromatic carbocycles. The number of hydrogen-bond donors (Lipinski definition) is 1. The summed E-state index contributed by atoms with van der Waals surface area (Å²) in [7, 11) is 1.69. The molecule has 1 aromatic rings. The number of nitrogens with one attached hydrogen (secondary N) is 1. The third-order valence-corrected chi connectivity index (χ3v) is 5.33. The van der Waals surface area contributed by atoms with Crippen LogP contribution in [0, 0.1) is 0 Å². The summed E-state index contributed by atoms with van der Waals surface area (Å²) in [5, 5.41) is 4.58. The minimum absolute atomic E-state index is 0. The highest BCUT2D eigenvalue weighted by Crippen LogP contribution is 2.30. The van der Waals surface area contributed by atoms with Crippen molar-refractivity contribution in [1.82, 2.24) is 20.1 Å². The number of morpholine rings is 1. The van der Waals surface area contributed by atoms with Gasteiger partial charge in [-0.25, -0.2) is 4.98 Å². The Balaban J connectivity index is 0.00000243. The van der Waals surface area contributed by atoms with Crippen LogP contribution in [0.2, 0.25) is 0 Å². The third kappa shape index (κ3) is 5.42. The Morgan fingerprint density at radius 3 is 2.73 bits per heavy atom. The van der Waals surface area contributed by atoms with E-state index in [-0.39, 0.29) is 30.5 Å². The van der Waals surface area contributed by atoms with Gasteiger partial charge in [0.05, 0.1) is 19.8 Å². The molecule has 3 rings (SSSR count). The van der Waals surface area contributed by atoms with Gasteiger partial charge in [0.2, 0.25) is 0 Å². The van der Waals surface area contributed by atoms with Gasteiger partial charge < -0.3 is 15.0 Å². The molecule has 2 saturated heterocycles. The van der Waals surface area contributed by atoms with Gasteiger partial charge in [-0.1, -0.05) is 0 Å². The average molecular weight is 505 g/mol. The van der Waals surface area contributed by atoms with Crippen LogP contribution in [0.3, 0.4) is 0 Å². The predicted molar refractivity (Wildman–Crippen MR) is 105 cm³/mol. The first-order chi connectivity index (χ1) is 12.0. The summed E-state index contributed by atoms with van der Waals surface area (Å²) in [6.45, 7) is 5.43. The lowest BCUT2D eigenvalue weighted by atomic mass is 10.2. The Hall–Kier alpha value is -0.660. The Kier molecular flexibility index (Phi) is 7.91. The molecule has 11 heteroatoms. The second-order valence-corrected chi connectivity index (χ2v) is 7.00. The van der Waals surface area contributed by atoms with Gasteiger partial charge in [-0.05, 0) is 6.42 Å². The number of thiazole rings is 1. The van der Waals surface area contributed by atoms with Crippen LogP contribution in [0.4, 0.5) is 13.2 Å². The van der Waals surface area contributed by atoms with E-state index in [1.807, 2.05) is 0 Å². The van der Waals surface area contributed by atoms with Gasteiger partial charge in [0.15, 0.2) is 11.7 Å². The fourth-order valence-corrected chi connectivity index (χ4v) is 3.92. The monoisotopic (exact) mass is 505 g/mol. The molecule has 1 N–H and O–H groups in total. The number of aliphatic imine (C=N–C) groups is 1. The van der Waals surface area contributed by atoms with Crippen molar-refractivity contribution in [2.75, 3.05) is 46.4 Å². The molecule has 0 aliphatic carbocycles. The second-order valence-electron chi connectivity index (χ2n) is 6.06. The van der Waals surface area contributed by atoms with Gasteiger partial charge in [-0.3, -0.25) is 9.89 Å². The van der Waals surface area contributed by atoms with Crippen molar-refractivity contribution in [2.24, 2.45) is 4.99 Å². The lowest BCUT2D eigenvalue weighted by Crippen LogP contribution is -2.46. The Bertz CT molecular complexity index is 606. The molecule has 0 radical (unpaired) electrons. The SMILES string of the molecule is CN=C(NCc1nc(C(F)(F)F)cs1)N1CCC(N2CCOCC2)C1.I. The van der Waals surface area contributed by atoms with Gasteiger partial charge >= 0.3 is 6.18 Å². The fourth-order valence-electron chi connectivity index (χ4n) is 3.18. The number of nitrogens with zero attached hydrogens (tertiary/aromatic N) is 4. The molecule has 2 fully saturated rings. The molecule has 148 valence electrons. The van der Waals surface area contributed by atoms with E-state index >= 15 is 0 Å². The highest BCUT2D eigenvalue weighted by atomic mass is 127. The van der Waals surface area contributed by atoms with Gasteiger partial charge in [0, 0.05) is 44.6 Å². The zero-order chi connectivity index (χ0) is 17.9. The van der Waals surface area contributed by atoms with Gasteiger partial charge in [-0.15, -0.1) is 35.3 Å². The first-order valence-corrected chi connectivity index (χ1v) is 9.14. The van der Waals surface area contributed by atoms with E-state index in [0.29, 0.717) is 17.0 Å². The maximum Gasteiger partial charge on any atom is 0.434 e. The number of likely N-dealkylation sites (tertiary alicyclic amines) is 1. The van der Waals surface area contributed by atoms with Crippen LogP contribution in [-0.2, 0) is 17.5 Å². The molecular weight excluding hydrogens is 482 g/mol. The van der Waals surface area contributed by atoms with Gasteiger partial charge in [-0.2, -0.15) is 13.2 Å². The molecule has 0 saturated carbocycles. The molecule has 1 aromatic heterocycles. The topological polar surface area (TPSA) is 53.0 Å². The van der Waals surface area contributed by atoms with Crippen molar-refractivity contribution in [3.63, 3.8) is 0 Å². The van der Waals surface area contributed by atoms with Crippen molar-refractivity contribution in [1.29, 1.82) is 0 Å². The van der Waals surface area contributed by atoms with E-state index in [9.17, 15) is 13.2 Å². The van der Waals surface area contributed by atoms with Crippen molar-refractivity contribution in [3.05, 3.63) is 16.1 Å². The van der Waals surface area contributed by atoms with Crippen LogP contribution in [0.15, 0.2) is 10.4 Å². The van der Waals surface area contributed by atoms with E-state index in [1.54, 1.807) is 7.05 Å². The lowest BCUT2D eigenvalue weighted by molar-refractivity contribution is -0.140. The maximum atomic E-state index is 12.6. The molecule has 2 aliphatic rings. The summed E-state index contributed by atoms with van der Waals surface area (Å²) in [4.78, 5) is 12.5. The lowest BCUT2D eigenvalue weighted by Gasteiger charge is -2.32. The molecule has 1 unspecified atom stereocenters. The summed E-state index contributed by atoms with van der Waals surface area (Å²) in [5.74, 6) is 0.708. The summed E-state index contributed by atoms with van der Waals surface area (Å²) < 4.78 is 43.2. The molecule has 3 heterocycles. The molecule has 0 bridgehead atoms. The number of alkyl halides is 3. The highest BCUT2D eigenvalue weighted by Gasteiger charge is 2.34. The highest BCUT2D eigenvalue weighted by molar-refractivity contribution is 14.0. The van der Waals surface area contributed by atoms with Crippen molar-refractivity contribution in [2.45, 2.75) is 25.2 Å². The van der Waals surface area contributed by atoms with Crippen molar-refractivity contribution in [3.8, 4) is 0 Å². The zero-order valence-corrected chi connectivity index (χ0v) is 17.6. The molecule has 0 spiro atoms. The van der Waals surface area contributed by atoms with Gasteiger partial charge in [0.25, 0.3) is 0 Å². The third-order valence-electron chi connectivity index (χ3n) is 4.48. The molecular formula is C15H23F3IN5OS. The molecule has 1 atom stereocenters. The van der Waals surface area contributed by atoms with E-state index in [1.165, 1.54) is 0 Å². The standard InChI is InChI=1S/C15H22F3N5OS.HI/c1-19-14(20-8-13-21-12(10-25-13)15(16,17)18)23-3-2-11(9-23)22-4-6-24-7-5-22;/h10-11H,2-9H2,1H3,(H,19,20);1H. The van der Waals surface area contributed by atoms with Crippen LogP contribution < -0.4 is 5.32 Å². The molecule has 2 aliphatic heterocycles. The number of rotatable bonds is 3.